The fourth-order valence-electron chi connectivity index (χ4n) is 1.81. The molecule has 0 saturated heterocycles. The van der Waals surface area contributed by atoms with Gasteiger partial charge in [-0.25, -0.2) is 18.6 Å². The average molecular weight is 265 g/mol. The summed E-state index contributed by atoms with van der Waals surface area (Å²) in [4.78, 5) is 15.2. The minimum atomic E-state index is -0.822. The van der Waals surface area contributed by atoms with Crippen molar-refractivity contribution in [1.29, 1.82) is 0 Å². The highest BCUT2D eigenvalue weighted by Crippen LogP contribution is 2.17. The third-order valence-corrected chi connectivity index (χ3v) is 2.73. The number of aryl methyl sites for hydroxylation is 1. The summed E-state index contributed by atoms with van der Waals surface area (Å²) in [6, 6.07) is 2.25. The van der Waals surface area contributed by atoms with Crippen molar-refractivity contribution in [2.75, 3.05) is 0 Å². The molecule has 0 amide bonds. The molecular formula is C13H13F2N3O. The normalized spacial score (nSPS) is 12.4. The van der Waals surface area contributed by atoms with Crippen LogP contribution in [0.3, 0.4) is 0 Å². The number of nitrogens with zero attached hydrogens (tertiary/aromatic N) is 2. The van der Waals surface area contributed by atoms with Crippen LogP contribution in [-0.2, 0) is 6.54 Å². The zero-order valence-corrected chi connectivity index (χ0v) is 10.3. The lowest BCUT2D eigenvalue weighted by Gasteiger charge is -2.14. The SMILES string of the molecule is Cc1cnc(=O)n(CC(N)c2cc(F)ccc2F)c1. The van der Waals surface area contributed by atoms with Crippen LogP contribution in [0.15, 0.2) is 35.4 Å². The third kappa shape index (κ3) is 3.03. The van der Waals surface area contributed by atoms with Crippen molar-refractivity contribution in [2.45, 2.75) is 19.5 Å². The first-order valence-corrected chi connectivity index (χ1v) is 5.71. The van der Waals surface area contributed by atoms with Crippen LogP contribution in [0.1, 0.15) is 17.2 Å². The molecule has 0 fully saturated rings. The molecule has 0 aliphatic rings. The molecule has 4 nitrogen and oxygen atoms in total. The quantitative estimate of drug-likeness (QED) is 0.915. The summed E-state index contributed by atoms with van der Waals surface area (Å²) in [5.74, 6) is -1.16. The van der Waals surface area contributed by atoms with Crippen molar-refractivity contribution in [3.8, 4) is 0 Å². The van der Waals surface area contributed by atoms with Gasteiger partial charge in [-0.05, 0) is 30.7 Å². The Morgan fingerprint density at radius 2 is 2.16 bits per heavy atom. The Kier molecular flexibility index (Phi) is 3.71. The van der Waals surface area contributed by atoms with E-state index in [1.54, 1.807) is 13.1 Å². The molecule has 1 atom stereocenters. The van der Waals surface area contributed by atoms with E-state index in [0.29, 0.717) is 0 Å². The van der Waals surface area contributed by atoms with Crippen LogP contribution in [-0.4, -0.2) is 9.55 Å². The molecule has 1 heterocycles. The predicted octanol–water partition coefficient (Wildman–Crippen LogP) is 1.53. The molecule has 0 bridgehead atoms. The maximum Gasteiger partial charge on any atom is 0.347 e. The Hall–Kier alpha value is -2.08. The summed E-state index contributed by atoms with van der Waals surface area (Å²) in [5, 5.41) is 0. The van der Waals surface area contributed by atoms with Crippen LogP contribution in [0.4, 0.5) is 8.78 Å². The van der Waals surface area contributed by atoms with Gasteiger partial charge in [-0.15, -0.1) is 0 Å². The van der Waals surface area contributed by atoms with E-state index in [2.05, 4.69) is 4.98 Å². The molecule has 19 heavy (non-hydrogen) atoms. The Balaban J connectivity index is 2.30. The molecule has 0 spiro atoms. The van der Waals surface area contributed by atoms with Crippen LogP contribution in [0.2, 0.25) is 0 Å². The van der Waals surface area contributed by atoms with Crippen molar-refractivity contribution >= 4 is 0 Å². The van der Waals surface area contributed by atoms with Crippen molar-refractivity contribution < 1.29 is 8.78 Å². The number of rotatable bonds is 3. The van der Waals surface area contributed by atoms with Gasteiger partial charge >= 0.3 is 5.69 Å². The second-order valence-corrected chi connectivity index (χ2v) is 4.34. The fourth-order valence-corrected chi connectivity index (χ4v) is 1.81. The van der Waals surface area contributed by atoms with Crippen LogP contribution >= 0.6 is 0 Å². The monoisotopic (exact) mass is 265 g/mol. The molecule has 1 unspecified atom stereocenters. The summed E-state index contributed by atoms with van der Waals surface area (Å²) < 4.78 is 27.9. The highest BCUT2D eigenvalue weighted by Gasteiger charge is 2.14. The number of hydrogen-bond donors (Lipinski definition) is 1. The second kappa shape index (κ2) is 5.27. The van der Waals surface area contributed by atoms with E-state index in [1.165, 1.54) is 10.8 Å². The van der Waals surface area contributed by atoms with Gasteiger partial charge in [0.1, 0.15) is 11.6 Å². The molecule has 2 N–H and O–H groups in total. The topological polar surface area (TPSA) is 60.9 Å². The van der Waals surface area contributed by atoms with E-state index in [1.807, 2.05) is 0 Å². The van der Waals surface area contributed by atoms with Crippen LogP contribution in [0.25, 0.3) is 0 Å². The van der Waals surface area contributed by atoms with E-state index in [0.717, 1.165) is 23.8 Å². The van der Waals surface area contributed by atoms with E-state index in [-0.39, 0.29) is 12.1 Å². The van der Waals surface area contributed by atoms with Gasteiger partial charge in [0.2, 0.25) is 0 Å². The molecule has 0 aliphatic heterocycles. The van der Waals surface area contributed by atoms with Crippen molar-refractivity contribution in [2.24, 2.45) is 5.73 Å². The first-order valence-electron chi connectivity index (χ1n) is 5.71. The van der Waals surface area contributed by atoms with Crippen molar-refractivity contribution in [3.05, 3.63) is 63.8 Å². The Labute approximate surface area is 108 Å². The Morgan fingerprint density at radius 3 is 2.89 bits per heavy atom. The van der Waals surface area contributed by atoms with Crippen molar-refractivity contribution in [3.63, 3.8) is 0 Å². The Bertz CT molecular complexity index is 655. The van der Waals surface area contributed by atoms with Crippen molar-refractivity contribution in [1.82, 2.24) is 9.55 Å². The van der Waals surface area contributed by atoms with Crippen LogP contribution in [0.5, 0.6) is 0 Å². The first-order chi connectivity index (χ1) is 8.97. The van der Waals surface area contributed by atoms with E-state index < -0.39 is 23.4 Å². The molecule has 1 aromatic heterocycles. The van der Waals surface area contributed by atoms with E-state index in [4.69, 9.17) is 5.73 Å². The fraction of sp³-hybridized carbons (Fsp3) is 0.231. The summed E-state index contributed by atoms with van der Waals surface area (Å²) in [6.45, 7) is 1.81. The average Bonchev–Trinajstić information content (AvgIpc) is 2.36. The molecule has 2 rings (SSSR count). The lowest BCUT2D eigenvalue weighted by Crippen LogP contribution is -2.28. The smallest absolute Gasteiger partial charge is 0.322 e. The minimum absolute atomic E-state index is 0.0356. The van der Waals surface area contributed by atoms with Gasteiger partial charge in [0.05, 0.1) is 6.04 Å². The van der Waals surface area contributed by atoms with Gasteiger partial charge < -0.3 is 5.73 Å². The van der Waals surface area contributed by atoms with Gasteiger partial charge in [-0.2, -0.15) is 0 Å². The standard InChI is InChI=1S/C13H13F2N3O/c1-8-5-17-13(19)18(6-8)7-12(16)10-4-9(14)2-3-11(10)15/h2-6,12H,7,16H2,1H3. The lowest BCUT2D eigenvalue weighted by atomic mass is 10.1. The summed E-state index contributed by atoms with van der Waals surface area (Å²) >= 11 is 0. The summed E-state index contributed by atoms with van der Waals surface area (Å²) in [6.07, 6.45) is 3.01. The summed E-state index contributed by atoms with van der Waals surface area (Å²) in [5.41, 5.74) is 6.17. The molecule has 1 aromatic carbocycles. The highest BCUT2D eigenvalue weighted by molar-refractivity contribution is 5.22. The number of benzene rings is 1. The summed E-state index contributed by atoms with van der Waals surface area (Å²) in [7, 11) is 0. The highest BCUT2D eigenvalue weighted by atomic mass is 19.1. The number of halogens is 2. The van der Waals surface area contributed by atoms with E-state index in [9.17, 15) is 13.6 Å². The van der Waals surface area contributed by atoms with Gasteiger partial charge in [0.15, 0.2) is 0 Å². The zero-order chi connectivity index (χ0) is 14.0. The largest absolute Gasteiger partial charge is 0.347 e. The number of hydrogen-bond acceptors (Lipinski definition) is 3. The zero-order valence-electron chi connectivity index (χ0n) is 10.3. The lowest BCUT2D eigenvalue weighted by molar-refractivity contribution is 0.509. The van der Waals surface area contributed by atoms with Gasteiger partial charge in [0.25, 0.3) is 0 Å². The van der Waals surface area contributed by atoms with Gasteiger partial charge in [-0.3, -0.25) is 4.57 Å². The number of aromatic nitrogens is 2. The van der Waals surface area contributed by atoms with Gasteiger partial charge in [-0.1, -0.05) is 0 Å². The second-order valence-electron chi connectivity index (χ2n) is 4.34. The molecule has 2 aromatic rings. The molecule has 100 valence electrons. The number of nitrogens with two attached hydrogens (primary N) is 1. The van der Waals surface area contributed by atoms with Crippen LogP contribution in [0, 0.1) is 18.6 Å². The molecule has 0 aliphatic carbocycles. The third-order valence-electron chi connectivity index (χ3n) is 2.73. The van der Waals surface area contributed by atoms with Gasteiger partial charge in [0, 0.05) is 24.5 Å². The maximum atomic E-state index is 13.6. The first kappa shape index (κ1) is 13.4. The molecular weight excluding hydrogens is 252 g/mol. The minimum Gasteiger partial charge on any atom is -0.322 e. The molecule has 0 radical (unpaired) electrons. The Morgan fingerprint density at radius 1 is 1.42 bits per heavy atom. The maximum absolute atomic E-state index is 13.6. The molecule has 6 heteroatoms. The molecule has 0 saturated carbocycles. The van der Waals surface area contributed by atoms with Crippen LogP contribution < -0.4 is 11.4 Å². The van der Waals surface area contributed by atoms with E-state index >= 15 is 0 Å². The predicted molar refractivity (Wildman–Crippen MR) is 66.5 cm³/mol.